The minimum absolute atomic E-state index is 0.0381. The number of rotatable bonds is 15. The predicted molar refractivity (Wildman–Crippen MR) is 125 cm³/mol. The summed E-state index contributed by atoms with van der Waals surface area (Å²) in [5.74, 6) is -5.54. The van der Waals surface area contributed by atoms with E-state index in [0.717, 1.165) is 0 Å². The van der Waals surface area contributed by atoms with Crippen LogP contribution in [-0.2, 0) is 30.4 Å². The lowest BCUT2D eigenvalue weighted by atomic mass is 9.96. The predicted octanol–water partition coefficient (Wildman–Crippen LogP) is -0.615. The van der Waals surface area contributed by atoms with Crippen molar-refractivity contribution in [2.45, 2.75) is 77.5 Å². The smallest absolute Gasteiger partial charge is 0.326 e. The molecule has 0 aliphatic carbocycles. The van der Waals surface area contributed by atoms with Crippen LogP contribution in [0.25, 0.3) is 0 Å². The second-order valence-electron chi connectivity index (χ2n) is 8.62. The zero-order valence-electron chi connectivity index (χ0n) is 20.4. The maximum absolute atomic E-state index is 13.2. The first-order chi connectivity index (χ1) is 16.4. The molecule has 0 aromatic carbocycles. The number of aliphatic carboxylic acids is 2. The van der Waals surface area contributed by atoms with Gasteiger partial charge in [0.1, 0.15) is 18.1 Å². The average Bonchev–Trinajstić information content (AvgIpc) is 3.32. The van der Waals surface area contributed by atoms with Crippen molar-refractivity contribution in [3.63, 3.8) is 0 Å². The summed E-state index contributed by atoms with van der Waals surface area (Å²) < 4.78 is 0. The van der Waals surface area contributed by atoms with Crippen LogP contribution < -0.4 is 21.7 Å². The van der Waals surface area contributed by atoms with Gasteiger partial charge >= 0.3 is 11.9 Å². The van der Waals surface area contributed by atoms with E-state index < -0.39 is 66.2 Å². The molecular weight excluding hydrogens is 460 g/mol. The average molecular weight is 497 g/mol. The van der Waals surface area contributed by atoms with Crippen LogP contribution in [0.1, 0.15) is 52.7 Å². The summed E-state index contributed by atoms with van der Waals surface area (Å²) in [6.45, 7) is 7.15. The number of carbonyl (C=O) groups is 5. The number of hydrogen-bond acceptors (Lipinski definition) is 7. The van der Waals surface area contributed by atoms with Gasteiger partial charge in [-0.15, -0.1) is 0 Å². The maximum Gasteiger partial charge on any atom is 0.326 e. The quantitative estimate of drug-likeness (QED) is 0.164. The molecule has 1 heterocycles. The maximum atomic E-state index is 13.2. The number of carboxylic acid groups (broad SMARTS) is 2. The fraction of sp³-hybridized carbons (Fsp3) is 0.636. The van der Waals surface area contributed by atoms with E-state index in [1.54, 1.807) is 13.8 Å². The molecule has 0 aliphatic heterocycles. The highest BCUT2D eigenvalue weighted by Crippen LogP contribution is 2.11. The Balaban J connectivity index is 3.10. The van der Waals surface area contributed by atoms with Gasteiger partial charge in [0.05, 0.1) is 18.8 Å². The van der Waals surface area contributed by atoms with Gasteiger partial charge in [0.25, 0.3) is 0 Å². The summed E-state index contributed by atoms with van der Waals surface area (Å²) in [5, 5.41) is 25.6. The Morgan fingerprint density at radius 2 is 1.54 bits per heavy atom. The highest BCUT2D eigenvalue weighted by Gasteiger charge is 2.34. The molecule has 0 radical (unpaired) electrons. The van der Waals surface area contributed by atoms with E-state index in [4.69, 9.17) is 10.8 Å². The Morgan fingerprint density at radius 1 is 0.943 bits per heavy atom. The number of carbonyl (C=O) groups excluding carboxylic acids is 3. The minimum Gasteiger partial charge on any atom is -0.481 e. The number of aromatic amines is 1. The SMILES string of the molecule is CCC(C)C(N)C(=O)NC(Cc1cnc[nH]1)C(=O)NC(C(=O)NC(CC(=O)O)C(=O)O)C(C)CC. The molecular formula is C22H36N6O7. The monoisotopic (exact) mass is 496 g/mol. The number of carboxylic acids is 2. The van der Waals surface area contributed by atoms with E-state index in [9.17, 15) is 29.1 Å². The summed E-state index contributed by atoms with van der Waals surface area (Å²) in [4.78, 5) is 67.8. The molecule has 1 rings (SSSR count). The number of nitrogens with zero attached hydrogens (tertiary/aromatic N) is 1. The van der Waals surface area contributed by atoms with Crippen molar-refractivity contribution in [1.29, 1.82) is 0 Å². The third-order valence-corrected chi connectivity index (χ3v) is 5.96. The van der Waals surface area contributed by atoms with E-state index in [2.05, 4.69) is 25.9 Å². The van der Waals surface area contributed by atoms with Crippen LogP contribution in [0.3, 0.4) is 0 Å². The summed E-state index contributed by atoms with van der Waals surface area (Å²) in [6, 6.07) is -4.80. The molecule has 1 aromatic rings. The Morgan fingerprint density at radius 3 is 2.03 bits per heavy atom. The summed E-state index contributed by atoms with van der Waals surface area (Å²) in [5.41, 5.74) is 6.56. The van der Waals surface area contributed by atoms with Crippen molar-refractivity contribution >= 4 is 29.7 Å². The van der Waals surface area contributed by atoms with Gasteiger partial charge in [-0.3, -0.25) is 19.2 Å². The highest BCUT2D eigenvalue weighted by atomic mass is 16.4. The zero-order chi connectivity index (χ0) is 26.7. The normalized spacial score (nSPS) is 16.1. The van der Waals surface area contributed by atoms with Crippen molar-refractivity contribution in [1.82, 2.24) is 25.9 Å². The molecule has 0 saturated carbocycles. The van der Waals surface area contributed by atoms with E-state index in [1.165, 1.54) is 12.5 Å². The van der Waals surface area contributed by atoms with Crippen molar-refractivity contribution in [3.05, 3.63) is 18.2 Å². The summed E-state index contributed by atoms with van der Waals surface area (Å²) >= 11 is 0. The Kier molecular flexibility index (Phi) is 11.9. The molecule has 196 valence electrons. The number of hydrogen-bond donors (Lipinski definition) is 7. The van der Waals surface area contributed by atoms with Crippen LogP contribution in [0.4, 0.5) is 0 Å². The molecule has 0 spiro atoms. The van der Waals surface area contributed by atoms with Gasteiger partial charge < -0.3 is 36.9 Å². The first-order valence-corrected chi connectivity index (χ1v) is 11.5. The van der Waals surface area contributed by atoms with Crippen LogP contribution in [0.15, 0.2) is 12.5 Å². The van der Waals surface area contributed by atoms with Crippen molar-refractivity contribution in [3.8, 4) is 0 Å². The Hall–Kier alpha value is -3.48. The first-order valence-electron chi connectivity index (χ1n) is 11.5. The van der Waals surface area contributed by atoms with Crippen LogP contribution >= 0.6 is 0 Å². The zero-order valence-corrected chi connectivity index (χ0v) is 20.4. The number of imidazole rings is 1. The molecule has 13 heteroatoms. The first kappa shape index (κ1) is 29.6. The molecule has 0 saturated heterocycles. The minimum atomic E-state index is -1.67. The molecule has 13 nitrogen and oxygen atoms in total. The fourth-order valence-electron chi connectivity index (χ4n) is 3.20. The van der Waals surface area contributed by atoms with Crippen LogP contribution in [0.2, 0.25) is 0 Å². The lowest BCUT2D eigenvalue weighted by Gasteiger charge is -2.28. The topological polar surface area (TPSA) is 217 Å². The van der Waals surface area contributed by atoms with Gasteiger partial charge in [0.2, 0.25) is 17.7 Å². The standard InChI is InChI=1S/C22H36N6O7/c1-5-11(3)17(23)20(32)26-14(7-13-9-24-10-25-13)19(31)28-18(12(4)6-2)21(33)27-15(22(34)35)8-16(29)30/h9-12,14-15,17-18H,5-8,23H2,1-4H3,(H,24,25)(H,26,32)(H,27,33)(H,28,31)(H,29,30)(H,34,35). The van der Waals surface area contributed by atoms with Gasteiger partial charge in [-0.1, -0.05) is 40.5 Å². The molecule has 0 bridgehead atoms. The van der Waals surface area contributed by atoms with Crippen molar-refractivity contribution in [2.24, 2.45) is 17.6 Å². The van der Waals surface area contributed by atoms with Crippen LogP contribution in [0, 0.1) is 11.8 Å². The number of aromatic nitrogens is 2. The molecule has 3 amide bonds. The Bertz CT molecular complexity index is 876. The van der Waals surface area contributed by atoms with Gasteiger partial charge in [0, 0.05) is 18.3 Å². The molecule has 6 atom stereocenters. The Labute approximate surface area is 203 Å². The number of H-pyrrole nitrogens is 1. The second kappa shape index (κ2) is 14.0. The fourth-order valence-corrected chi connectivity index (χ4v) is 3.20. The van der Waals surface area contributed by atoms with Crippen LogP contribution in [-0.4, -0.2) is 74.0 Å². The molecule has 0 aliphatic rings. The second-order valence-corrected chi connectivity index (χ2v) is 8.62. The van der Waals surface area contributed by atoms with Gasteiger partial charge in [-0.2, -0.15) is 0 Å². The van der Waals surface area contributed by atoms with E-state index >= 15 is 0 Å². The molecule has 35 heavy (non-hydrogen) atoms. The van der Waals surface area contributed by atoms with Crippen molar-refractivity contribution in [2.75, 3.05) is 0 Å². The van der Waals surface area contributed by atoms with Crippen LogP contribution in [0.5, 0.6) is 0 Å². The number of nitrogens with two attached hydrogens (primary N) is 1. The van der Waals surface area contributed by atoms with Crippen molar-refractivity contribution < 1.29 is 34.2 Å². The van der Waals surface area contributed by atoms with Gasteiger partial charge in [0.15, 0.2) is 0 Å². The molecule has 0 fully saturated rings. The molecule has 6 unspecified atom stereocenters. The number of nitrogens with one attached hydrogen (secondary N) is 4. The lowest BCUT2D eigenvalue weighted by molar-refractivity contribution is -0.147. The summed E-state index contributed by atoms with van der Waals surface area (Å²) in [7, 11) is 0. The lowest BCUT2D eigenvalue weighted by Crippen LogP contribution is -2.59. The number of amides is 3. The third-order valence-electron chi connectivity index (χ3n) is 5.96. The van der Waals surface area contributed by atoms with E-state index in [-0.39, 0.29) is 12.3 Å². The largest absolute Gasteiger partial charge is 0.481 e. The summed E-state index contributed by atoms with van der Waals surface area (Å²) in [6.07, 6.45) is 3.23. The molecule has 8 N–H and O–H groups in total. The van der Waals surface area contributed by atoms with Gasteiger partial charge in [-0.05, 0) is 11.8 Å². The third kappa shape index (κ3) is 9.35. The highest BCUT2D eigenvalue weighted by molar-refractivity contribution is 5.95. The van der Waals surface area contributed by atoms with E-state index in [1.807, 2.05) is 13.8 Å². The molecule has 1 aromatic heterocycles. The van der Waals surface area contributed by atoms with Gasteiger partial charge in [-0.25, -0.2) is 9.78 Å². The van der Waals surface area contributed by atoms with E-state index in [0.29, 0.717) is 18.5 Å².